The molecule has 0 aliphatic heterocycles. The molecule has 0 fully saturated rings. The Morgan fingerprint density at radius 3 is 2.42 bits per heavy atom. The van der Waals surface area contributed by atoms with Crippen LogP contribution in [0.3, 0.4) is 0 Å². The predicted octanol–water partition coefficient (Wildman–Crippen LogP) is 2.28. The van der Waals surface area contributed by atoms with E-state index in [-0.39, 0.29) is 6.07 Å². The molecule has 106 valence electrons. The van der Waals surface area contributed by atoms with Crippen molar-refractivity contribution in [2.24, 2.45) is 5.73 Å². The lowest BCUT2D eigenvalue weighted by Crippen LogP contribution is -2.20. The monoisotopic (exact) mass is 284 g/mol. The number of carbonyl (C=O) groups excluding carboxylic acids is 1. The highest BCUT2D eigenvalue weighted by Gasteiger charge is 2.38. The zero-order valence-electron chi connectivity index (χ0n) is 9.59. The van der Waals surface area contributed by atoms with E-state index in [9.17, 15) is 26.7 Å². The predicted molar refractivity (Wildman–Crippen MR) is 53.4 cm³/mol. The summed E-state index contributed by atoms with van der Waals surface area (Å²) in [6.45, 7) is -0.526. The summed E-state index contributed by atoms with van der Waals surface area (Å²) in [5.74, 6) is -1.37. The first-order valence-corrected chi connectivity index (χ1v) is 4.89. The Balaban J connectivity index is 3.58. The van der Waals surface area contributed by atoms with Crippen molar-refractivity contribution in [3.63, 3.8) is 0 Å². The largest absolute Gasteiger partial charge is 0.464 e. The molecule has 1 aromatic rings. The van der Waals surface area contributed by atoms with Gasteiger partial charge in [-0.25, -0.2) is 18.6 Å². The van der Waals surface area contributed by atoms with Crippen LogP contribution in [0, 0.1) is 0 Å². The number of pyridine rings is 1. The molecule has 0 saturated heterocycles. The van der Waals surface area contributed by atoms with E-state index in [1.165, 1.54) is 0 Å². The summed E-state index contributed by atoms with van der Waals surface area (Å²) in [5, 5.41) is 0. The second-order valence-corrected chi connectivity index (χ2v) is 3.41. The number of esters is 1. The molecule has 0 aliphatic carbocycles. The summed E-state index contributed by atoms with van der Waals surface area (Å²) in [5.41, 5.74) is 1.03. The molecule has 0 amide bonds. The minimum atomic E-state index is -5.01. The Labute approximate surface area is 104 Å². The number of alkyl halides is 5. The van der Waals surface area contributed by atoms with Gasteiger partial charge in [0.2, 0.25) is 0 Å². The lowest BCUT2D eigenvalue weighted by Gasteiger charge is -2.15. The van der Waals surface area contributed by atoms with E-state index >= 15 is 0 Å². The number of aromatic nitrogens is 1. The first kappa shape index (κ1) is 15.3. The smallest absolute Gasteiger partial charge is 0.418 e. The van der Waals surface area contributed by atoms with Gasteiger partial charge in [-0.05, 0) is 6.07 Å². The quantitative estimate of drug-likeness (QED) is 0.683. The number of nitrogens with zero attached hydrogens (tertiary/aromatic N) is 1. The van der Waals surface area contributed by atoms with Gasteiger partial charge in [0.1, 0.15) is 0 Å². The highest BCUT2D eigenvalue weighted by molar-refractivity contribution is 5.89. The van der Waals surface area contributed by atoms with Crippen LogP contribution >= 0.6 is 0 Å². The Bertz CT molecular complexity index is 488. The van der Waals surface area contributed by atoms with Crippen LogP contribution in [-0.2, 0) is 17.5 Å². The molecule has 1 rings (SSSR count). The molecule has 0 atom stereocenters. The number of carbonyl (C=O) groups is 1. The minimum absolute atomic E-state index is 0.173. The molecule has 19 heavy (non-hydrogen) atoms. The second kappa shape index (κ2) is 5.47. The van der Waals surface area contributed by atoms with Gasteiger partial charge in [0.15, 0.2) is 5.69 Å². The average Bonchev–Trinajstić information content (AvgIpc) is 2.34. The van der Waals surface area contributed by atoms with Gasteiger partial charge in [0.25, 0.3) is 6.43 Å². The zero-order valence-corrected chi connectivity index (χ0v) is 9.59. The summed E-state index contributed by atoms with van der Waals surface area (Å²) in [4.78, 5) is 14.5. The maximum absolute atomic E-state index is 12.7. The highest BCUT2D eigenvalue weighted by atomic mass is 19.4. The number of nitrogens with two attached hydrogens (primary N) is 1. The van der Waals surface area contributed by atoms with Gasteiger partial charge in [-0.2, -0.15) is 13.2 Å². The molecule has 2 N–H and O–H groups in total. The van der Waals surface area contributed by atoms with E-state index in [1.54, 1.807) is 0 Å². The van der Waals surface area contributed by atoms with Crippen molar-refractivity contribution in [1.82, 2.24) is 4.98 Å². The molecular weight excluding hydrogens is 275 g/mol. The van der Waals surface area contributed by atoms with Crippen LogP contribution in [0.5, 0.6) is 0 Å². The lowest BCUT2D eigenvalue weighted by molar-refractivity contribution is -0.138. The normalized spacial score (nSPS) is 11.8. The van der Waals surface area contributed by atoms with E-state index in [1.807, 2.05) is 0 Å². The minimum Gasteiger partial charge on any atom is -0.464 e. The van der Waals surface area contributed by atoms with Crippen LogP contribution in [0.25, 0.3) is 0 Å². The van der Waals surface area contributed by atoms with Gasteiger partial charge in [-0.3, -0.25) is 0 Å². The third-order valence-electron chi connectivity index (χ3n) is 2.25. The maximum atomic E-state index is 12.7. The number of ether oxygens (including phenoxy) is 1. The zero-order chi connectivity index (χ0) is 14.8. The first-order chi connectivity index (χ1) is 8.72. The van der Waals surface area contributed by atoms with E-state index in [4.69, 9.17) is 5.73 Å². The average molecular weight is 284 g/mol. The molecule has 0 saturated carbocycles. The van der Waals surface area contributed by atoms with Crippen molar-refractivity contribution in [2.45, 2.75) is 19.1 Å². The first-order valence-electron chi connectivity index (χ1n) is 4.89. The molecule has 1 heterocycles. The van der Waals surface area contributed by atoms with Crippen LogP contribution in [0.1, 0.15) is 33.7 Å². The summed E-state index contributed by atoms with van der Waals surface area (Å²) in [6.07, 6.45) is -8.19. The van der Waals surface area contributed by atoms with Crippen molar-refractivity contribution in [2.75, 3.05) is 7.11 Å². The van der Waals surface area contributed by atoms with E-state index in [0.29, 0.717) is 0 Å². The van der Waals surface area contributed by atoms with Crippen LogP contribution in [0.4, 0.5) is 22.0 Å². The van der Waals surface area contributed by atoms with E-state index < -0.39 is 47.6 Å². The summed E-state index contributed by atoms with van der Waals surface area (Å²) < 4.78 is 67.5. The van der Waals surface area contributed by atoms with Gasteiger partial charge < -0.3 is 10.5 Å². The number of rotatable bonds is 3. The van der Waals surface area contributed by atoms with Crippen molar-refractivity contribution >= 4 is 5.97 Å². The van der Waals surface area contributed by atoms with Gasteiger partial charge in [-0.15, -0.1) is 0 Å². The number of hydrogen-bond acceptors (Lipinski definition) is 4. The summed E-state index contributed by atoms with van der Waals surface area (Å²) in [6, 6.07) is 0.173. The lowest BCUT2D eigenvalue weighted by atomic mass is 10.1. The number of methoxy groups -OCH3 is 1. The van der Waals surface area contributed by atoms with Gasteiger partial charge >= 0.3 is 12.1 Å². The molecule has 0 radical (unpaired) electrons. The fourth-order valence-corrected chi connectivity index (χ4v) is 1.39. The van der Waals surface area contributed by atoms with Crippen LogP contribution in [0.2, 0.25) is 0 Å². The van der Waals surface area contributed by atoms with Gasteiger partial charge in [-0.1, -0.05) is 0 Å². The fourth-order valence-electron chi connectivity index (χ4n) is 1.39. The molecule has 0 unspecified atom stereocenters. The third kappa shape index (κ3) is 3.16. The molecule has 0 bridgehead atoms. The van der Waals surface area contributed by atoms with Crippen molar-refractivity contribution in [1.29, 1.82) is 0 Å². The van der Waals surface area contributed by atoms with Crippen LogP contribution in [0.15, 0.2) is 6.07 Å². The topological polar surface area (TPSA) is 65.2 Å². The highest BCUT2D eigenvalue weighted by Crippen LogP contribution is 2.35. The maximum Gasteiger partial charge on any atom is 0.418 e. The molecule has 9 heteroatoms. The van der Waals surface area contributed by atoms with Gasteiger partial charge in [0, 0.05) is 12.1 Å². The number of hydrogen-bond donors (Lipinski definition) is 1. The Kier molecular flexibility index (Phi) is 4.40. The Hall–Kier alpha value is -1.77. The van der Waals surface area contributed by atoms with Crippen molar-refractivity contribution in [3.8, 4) is 0 Å². The Morgan fingerprint density at radius 2 is 2.05 bits per heavy atom. The molecular formula is C10H9F5N2O2. The van der Waals surface area contributed by atoms with Crippen LogP contribution < -0.4 is 5.73 Å². The molecule has 0 aromatic carbocycles. The Morgan fingerprint density at radius 1 is 1.47 bits per heavy atom. The molecule has 0 spiro atoms. The van der Waals surface area contributed by atoms with Gasteiger partial charge in [0.05, 0.1) is 18.4 Å². The standard InChI is InChI=1S/C10H9F5N2O2/c1-19-9(18)7-5(10(13,14)15)2-4(8(11)12)6(3-16)17-7/h2,8H,3,16H2,1H3. The summed E-state index contributed by atoms with van der Waals surface area (Å²) in [7, 11) is 0.854. The van der Waals surface area contributed by atoms with Crippen LogP contribution in [-0.4, -0.2) is 18.1 Å². The van der Waals surface area contributed by atoms with Crippen molar-refractivity contribution < 1.29 is 31.5 Å². The fraction of sp³-hybridized carbons (Fsp3) is 0.400. The van der Waals surface area contributed by atoms with E-state index in [2.05, 4.69) is 9.72 Å². The van der Waals surface area contributed by atoms with E-state index in [0.717, 1.165) is 7.11 Å². The van der Waals surface area contributed by atoms with Crippen molar-refractivity contribution in [3.05, 3.63) is 28.6 Å². The molecule has 1 aromatic heterocycles. The molecule has 4 nitrogen and oxygen atoms in total. The second-order valence-electron chi connectivity index (χ2n) is 3.41. The SMILES string of the molecule is COC(=O)c1nc(CN)c(C(F)F)cc1C(F)(F)F. The summed E-state index contributed by atoms with van der Waals surface area (Å²) >= 11 is 0. The molecule has 0 aliphatic rings. The number of halogens is 5. The third-order valence-corrected chi connectivity index (χ3v) is 2.25.